The van der Waals surface area contributed by atoms with Crippen molar-refractivity contribution in [3.8, 4) is 11.5 Å². The number of benzene rings is 2. The third kappa shape index (κ3) is 3.50. The molecule has 7 heteroatoms. The zero-order valence-corrected chi connectivity index (χ0v) is 19.6. The summed E-state index contributed by atoms with van der Waals surface area (Å²) in [5.41, 5.74) is 4.31. The van der Waals surface area contributed by atoms with Crippen LogP contribution in [0.1, 0.15) is 48.2 Å². The van der Waals surface area contributed by atoms with Crippen LogP contribution in [0.3, 0.4) is 0 Å². The number of carbonyl (C=O) groups excluding carboxylic acids is 2. The van der Waals surface area contributed by atoms with E-state index in [1.54, 1.807) is 25.1 Å². The Morgan fingerprint density at radius 3 is 2.55 bits per heavy atom. The number of esters is 1. The van der Waals surface area contributed by atoms with Crippen LogP contribution in [0.4, 0.5) is 0 Å². The van der Waals surface area contributed by atoms with Gasteiger partial charge in [0.1, 0.15) is 0 Å². The van der Waals surface area contributed by atoms with Gasteiger partial charge >= 0.3 is 5.97 Å². The summed E-state index contributed by atoms with van der Waals surface area (Å²) < 4.78 is 11.5. The van der Waals surface area contributed by atoms with E-state index in [0.29, 0.717) is 49.6 Å². The molecule has 1 heterocycles. The maximum Gasteiger partial charge on any atom is 0.336 e. The molecule has 0 fully saturated rings. The summed E-state index contributed by atoms with van der Waals surface area (Å²) in [4.78, 5) is 26.4. The van der Waals surface area contributed by atoms with Gasteiger partial charge in [0.25, 0.3) is 0 Å². The summed E-state index contributed by atoms with van der Waals surface area (Å²) in [6, 6.07) is 10.9. The van der Waals surface area contributed by atoms with Gasteiger partial charge in [0.15, 0.2) is 17.3 Å². The highest BCUT2D eigenvalue weighted by molar-refractivity contribution is 14.1. The molecular weight excluding hydrogens is 509 g/mol. The molecule has 0 unspecified atom stereocenters. The van der Waals surface area contributed by atoms with Crippen molar-refractivity contribution in [3.63, 3.8) is 0 Å². The Morgan fingerprint density at radius 2 is 1.87 bits per heavy atom. The highest BCUT2D eigenvalue weighted by atomic mass is 127. The predicted molar refractivity (Wildman–Crippen MR) is 125 cm³/mol. The van der Waals surface area contributed by atoms with Crippen molar-refractivity contribution in [1.29, 1.82) is 0 Å². The van der Waals surface area contributed by atoms with E-state index in [-0.39, 0.29) is 18.1 Å². The minimum atomic E-state index is -0.650. The Labute approximate surface area is 194 Å². The van der Waals surface area contributed by atoms with Gasteiger partial charge in [-0.25, -0.2) is 4.79 Å². The molecule has 0 spiro atoms. The average Bonchev–Trinajstić information content (AvgIpc) is 3.02. The van der Waals surface area contributed by atoms with E-state index in [2.05, 4.69) is 5.32 Å². The second-order valence-corrected chi connectivity index (χ2v) is 8.43. The Kier molecular flexibility index (Phi) is 5.79. The lowest BCUT2D eigenvalue weighted by atomic mass is 9.79. The Morgan fingerprint density at radius 1 is 1.16 bits per heavy atom. The number of Topliss-reactive ketones (excluding diaryl/α,β-unsaturated/α-hetero) is 1. The van der Waals surface area contributed by atoms with Crippen LogP contribution in [0.2, 0.25) is 0 Å². The largest absolute Gasteiger partial charge is 0.504 e. The van der Waals surface area contributed by atoms with Crippen molar-refractivity contribution in [2.24, 2.45) is 0 Å². The normalized spacial score (nSPS) is 17.3. The van der Waals surface area contributed by atoms with Crippen LogP contribution in [-0.4, -0.2) is 30.1 Å². The second-order valence-electron chi connectivity index (χ2n) is 7.26. The fourth-order valence-electron chi connectivity index (χ4n) is 4.17. The number of carbonyl (C=O) groups is 2. The molecule has 0 amide bonds. The first-order valence-corrected chi connectivity index (χ1v) is 11.1. The van der Waals surface area contributed by atoms with E-state index >= 15 is 0 Å². The summed E-state index contributed by atoms with van der Waals surface area (Å²) >= 11 is 2.02. The fourth-order valence-corrected chi connectivity index (χ4v) is 4.79. The molecule has 4 rings (SSSR count). The van der Waals surface area contributed by atoms with Crippen molar-refractivity contribution in [3.05, 3.63) is 73.5 Å². The number of aromatic hydroxyl groups is 1. The third-order valence-electron chi connectivity index (χ3n) is 5.43. The van der Waals surface area contributed by atoms with E-state index in [0.717, 1.165) is 5.56 Å². The highest BCUT2D eigenvalue weighted by Crippen LogP contribution is 2.48. The molecule has 0 saturated carbocycles. The molecular formula is C24H22INO5. The number of rotatable bonds is 5. The molecule has 31 heavy (non-hydrogen) atoms. The first kappa shape index (κ1) is 21.4. The zero-order valence-electron chi connectivity index (χ0n) is 17.4. The van der Waals surface area contributed by atoms with Crippen LogP contribution in [0.5, 0.6) is 11.5 Å². The summed E-state index contributed by atoms with van der Waals surface area (Å²) in [6.45, 7) is 5.98. The number of hydrogen-bond acceptors (Lipinski definition) is 6. The van der Waals surface area contributed by atoms with E-state index < -0.39 is 11.9 Å². The minimum Gasteiger partial charge on any atom is -0.504 e. The lowest BCUT2D eigenvalue weighted by Gasteiger charge is -2.29. The van der Waals surface area contributed by atoms with Crippen LogP contribution >= 0.6 is 22.6 Å². The molecule has 0 bridgehead atoms. The second kappa shape index (κ2) is 8.37. The number of allylic oxidation sites excluding steroid dienone is 2. The van der Waals surface area contributed by atoms with Crippen LogP contribution in [-0.2, 0) is 9.53 Å². The van der Waals surface area contributed by atoms with Crippen LogP contribution in [0.15, 0.2) is 53.2 Å². The van der Waals surface area contributed by atoms with Gasteiger partial charge in [-0.2, -0.15) is 0 Å². The number of hydrogen-bond donors (Lipinski definition) is 2. The van der Waals surface area contributed by atoms with Gasteiger partial charge in [-0.15, -0.1) is 0 Å². The van der Waals surface area contributed by atoms with Gasteiger partial charge < -0.3 is 19.9 Å². The summed E-state index contributed by atoms with van der Waals surface area (Å²) in [5.74, 6) is -0.904. The molecule has 0 radical (unpaired) electrons. The first-order chi connectivity index (χ1) is 14.9. The summed E-state index contributed by atoms with van der Waals surface area (Å²) in [7, 11) is 0. The number of phenols is 1. The predicted octanol–water partition coefficient (Wildman–Crippen LogP) is 4.53. The van der Waals surface area contributed by atoms with Crippen molar-refractivity contribution in [2.75, 3.05) is 13.2 Å². The minimum absolute atomic E-state index is 0.0359. The molecule has 2 aromatic carbocycles. The molecule has 1 aliphatic carbocycles. The molecule has 2 N–H and O–H groups in total. The van der Waals surface area contributed by atoms with Crippen molar-refractivity contribution >= 4 is 40.0 Å². The third-order valence-corrected chi connectivity index (χ3v) is 6.25. The van der Waals surface area contributed by atoms with Gasteiger partial charge in [-0.1, -0.05) is 24.3 Å². The number of ether oxygens (including phenoxy) is 2. The van der Waals surface area contributed by atoms with Gasteiger partial charge in [0, 0.05) is 28.3 Å². The topological polar surface area (TPSA) is 84.9 Å². The molecule has 6 nitrogen and oxygen atoms in total. The van der Waals surface area contributed by atoms with Gasteiger partial charge in [0.05, 0.1) is 28.1 Å². The van der Waals surface area contributed by atoms with Gasteiger partial charge in [-0.05, 0) is 61.1 Å². The molecule has 1 aliphatic heterocycles. The smallest absolute Gasteiger partial charge is 0.336 e. The molecule has 2 aromatic rings. The van der Waals surface area contributed by atoms with E-state index in [4.69, 9.17) is 9.47 Å². The maximum atomic E-state index is 13.5. The summed E-state index contributed by atoms with van der Waals surface area (Å²) in [6.07, 6.45) is 0. The van der Waals surface area contributed by atoms with Gasteiger partial charge in [-0.3, -0.25) is 4.79 Å². The van der Waals surface area contributed by atoms with Crippen molar-refractivity contribution < 1.29 is 24.2 Å². The molecule has 160 valence electrons. The quantitative estimate of drug-likeness (QED) is 0.436. The maximum absolute atomic E-state index is 13.5. The molecule has 2 aliphatic rings. The molecule has 1 atom stereocenters. The number of halogens is 1. The van der Waals surface area contributed by atoms with Crippen molar-refractivity contribution in [1.82, 2.24) is 5.32 Å². The Bertz CT molecular complexity index is 1160. The average molecular weight is 531 g/mol. The fraction of sp³-hybridized carbons (Fsp3) is 0.250. The number of dihydropyridines is 1. The lowest BCUT2D eigenvalue weighted by molar-refractivity contribution is -0.138. The number of fused-ring (bicyclic) bond motifs is 2. The molecule has 0 saturated heterocycles. The number of phenolic OH excluding ortho intramolecular Hbond substituents is 1. The van der Waals surface area contributed by atoms with Crippen LogP contribution in [0, 0.1) is 3.57 Å². The first-order valence-electron chi connectivity index (χ1n) is 10.1. The number of ketones is 1. The zero-order chi connectivity index (χ0) is 22.3. The van der Waals surface area contributed by atoms with Crippen LogP contribution < -0.4 is 10.1 Å². The molecule has 0 aromatic heterocycles. The highest BCUT2D eigenvalue weighted by Gasteiger charge is 2.43. The van der Waals surface area contributed by atoms with E-state index in [1.165, 1.54) is 0 Å². The SMILES string of the molecule is CCOC(=O)C1=C(C)NC2=C(C(=O)c3ccccc32)[C@H]1c1cc(I)c(O)c(OCC)c1. The van der Waals surface area contributed by atoms with Gasteiger partial charge in [0.2, 0.25) is 0 Å². The summed E-state index contributed by atoms with van der Waals surface area (Å²) in [5, 5.41) is 13.7. The lowest BCUT2D eigenvalue weighted by Crippen LogP contribution is -2.29. The van der Waals surface area contributed by atoms with Crippen molar-refractivity contribution in [2.45, 2.75) is 26.7 Å². The van der Waals surface area contributed by atoms with E-state index in [9.17, 15) is 14.7 Å². The van der Waals surface area contributed by atoms with E-state index in [1.807, 2.05) is 54.6 Å². The van der Waals surface area contributed by atoms with Crippen LogP contribution in [0.25, 0.3) is 5.70 Å². The monoisotopic (exact) mass is 531 g/mol. The Balaban J connectivity index is 1.96. The number of nitrogens with one attached hydrogen (secondary N) is 1. The standard InChI is InChI=1S/C24H22INO5/c1-4-30-17-11-13(10-16(25)23(17)28)19-18(24(29)31-5-2)12(3)26-21-14-8-6-7-9-15(14)22(27)20(19)21/h6-11,19,26,28H,4-5H2,1-3H3/t19-/m0/s1. The Hall–Kier alpha value is -2.81.